The maximum Gasteiger partial charge on any atom is 0.418 e. The Kier molecular flexibility index (Phi) is 7.83. The molecule has 1 aromatic carbocycles. The van der Waals surface area contributed by atoms with Crippen molar-refractivity contribution in [1.29, 1.82) is 0 Å². The summed E-state index contributed by atoms with van der Waals surface area (Å²) >= 11 is 0. The van der Waals surface area contributed by atoms with Gasteiger partial charge in [0.05, 0.1) is 17.9 Å². The maximum absolute atomic E-state index is 14.1. The van der Waals surface area contributed by atoms with Crippen LogP contribution in [0.25, 0.3) is 11.3 Å². The topological polar surface area (TPSA) is 105 Å². The van der Waals surface area contributed by atoms with E-state index in [4.69, 9.17) is 4.74 Å². The molecule has 0 fully saturated rings. The highest BCUT2D eigenvalue weighted by Gasteiger charge is 2.36. The minimum Gasteiger partial charge on any atom is -0.493 e. The highest BCUT2D eigenvalue weighted by Crippen LogP contribution is 2.40. The third kappa shape index (κ3) is 6.28. The van der Waals surface area contributed by atoms with Gasteiger partial charge in [-0.05, 0) is 61.7 Å². The van der Waals surface area contributed by atoms with Gasteiger partial charge in [0.2, 0.25) is 0 Å². The molecule has 198 valence electrons. The molecule has 0 aliphatic carbocycles. The Balaban J connectivity index is 1.85. The van der Waals surface area contributed by atoms with E-state index in [1.807, 2.05) is 4.90 Å². The quantitative estimate of drug-likeness (QED) is 0.473. The number of hydrogen-bond acceptors (Lipinski definition) is 7. The summed E-state index contributed by atoms with van der Waals surface area (Å²) in [5, 5.41) is 8.90. The second-order valence-corrected chi connectivity index (χ2v) is 9.92. The third-order valence-electron chi connectivity index (χ3n) is 5.61. The molecule has 1 aliphatic rings. The number of nitrogens with one attached hydrogen (secondary N) is 1. The first-order valence-corrected chi connectivity index (χ1v) is 12.9. The van der Waals surface area contributed by atoms with Crippen LogP contribution in [0, 0.1) is 5.82 Å². The number of hydrogen-bond donors (Lipinski definition) is 2. The van der Waals surface area contributed by atoms with Crippen LogP contribution in [0.4, 0.5) is 29.2 Å². The number of nitrogens with zero attached hydrogens (tertiary/aromatic N) is 3. The lowest BCUT2D eigenvalue weighted by Crippen LogP contribution is -2.28. The lowest BCUT2D eigenvalue weighted by Gasteiger charge is -2.24. The number of rotatable bonds is 3. The summed E-state index contributed by atoms with van der Waals surface area (Å²) in [7, 11) is -4.35. The Morgan fingerprint density at radius 1 is 1.08 bits per heavy atom. The van der Waals surface area contributed by atoms with Gasteiger partial charge >= 0.3 is 6.18 Å². The second kappa shape index (κ2) is 10.9. The van der Waals surface area contributed by atoms with E-state index in [1.165, 1.54) is 18.2 Å². The fraction of sp³-hybridized carbons (Fsp3) is 0.333. The van der Waals surface area contributed by atoms with E-state index in [9.17, 15) is 31.1 Å². The molecule has 3 heterocycles. The molecule has 8 nitrogen and oxygen atoms in total. The molecule has 2 aromatic heterocycles. The SMILES string of the molecule is O=S1(=O)Nc2ccc(C(F)(F)F)c(n2)-c2cc(F)ccc2OCCCCN(CCCO)c2cccc1n2. The first kappa shape index (κ1) is 26.6. The molecule has 0 spiro atoms. The van der Waals surface area contributed by atoms with E-state index < -0.39 is 39.1 Å². The Bertz CT molecular complexity index is 1370. The zero-order valence-corrected chi connectivity index (χ0v) is 20.3. The van der Waals surface area contributed by atoms with Crippen LogP contribution < -0.4 is 14.4 Å². The lowest BCUT2D eigenvalue weighted by molar-refractivity contribution is -0.137. The molecule has 4 rings (SSSR count). The van der Waals surface area contributed by atoms with E-state index in [0.29, 0.717) is 44.2 Å². The van der Waals surface area contributed by atoms with Crippen LogP contribution in [0.2, 0.25) is 0 Å². The minimum atomic E-state index is -4.85. The first-order chi connectivity index (χ1) is 17.6. The van der Waals surface area contributed by atoms with E-state index >= 15 is 0 Å². The van der Waals surface area contributed by atoms with Crippen molar-refractivity contribution < 1.29 is 35.8 Å². The van der Waals surface area contributed by atoms with Crippen molar-refractivity contribution in [3.8, 4) is 17.0 Å². The van der Waals surface area contributed by atoms with Crippen LogP contribution in [0.3, 0.4) is 0 Å². The van der Waals surface area contributed by atoms with Gasteiger partial charge in [-0.2, -0.15) is 21.6 Å². The van der Waals surface area contributed by atoms with Crippen LogP contribution in [0.1, 0.15) is 24.8 Å². The second-order valence-electron chi connectivity index (χ2n) is 8.29. The molecule has 0 amide bonds. The van der Waals surface area contributed by atoms with E-state index in [-0.39, 0.29) is 29.6 Å². The number of aromatic nitrogens is 2. The van der Waals surface area contributed by atoms with Gasteiger partial charge in [0, 0.05) is 25.3 Å². The number of benzene rings is 1. The third-order valence-corrected chi connectivity index (χ3v) is 6.87. The zero-order chi connectivity index (χ0) is 26.6. The average Bonchev–Trinajstić information content (AvgIpc) is 2.85. The molecular weight excluding hydrogens is 516 g/mol. The summed E-state index contributed by atoms with van der Waals surface area (Å²) < 4.78 is 89.7. The fourth-order valence-electron chi connectivity index (χ4n) is 3.87. The molecule has 13 heteroatoms. The highest BCUT2D eigenvalue weighted by molar-refractivity contribution is 7.92. The summed E-state index contributed by atoms with van der Waals surface area (Å²) in [4.78, 5) is 9.99. The molecule has 0 atom stereocenters. The van der Waals surface area contributed by atoms with Crippen LogP contribution in [0.15, 0.2) is 53.6 Å². The Morgan fingerprint density at radius 3 is 2.65 bits per heavy atom. The summed E-state index contributed by atoms with van der Waals surface area (Å²) in [6.07, 6.45) is -3.35. The Morgan fingerprint density at radius 2 is 1.89 bits per heavy atom. The number of aliphatic hydroxyl groups is 1. The first-order valence-electron chi connectivity index (χ1n) is 11.4. The zero-order valence-electron chi connectivity index (χ0n) is 19.5. The Labute approximate surface area is 211 Å². The van der Waals surface area contributed by atoms with Crippen molar-refractivity contribution in [2.45, 2.75) is 30.5 Å². The predicted octanol–water partition coefficient (Wildman–Crippen LogP) is 4.46. The highest BCUT2D eigenvalue weighted by atomic mass is 32.2. The van der Waals surface area contributed by atoms with Gasteiger partial charge in [0.15, 0.2) is 5.03 Å². The molecular formula is C24H24F4N4O4S. The molecule has 1 aliphatic heterocycles. The minimum absolute atomic E-state index is 0.0180. The number of fused-ring (bicyclic) bond motifs is 6. The number of aliphatic hydroxyl groups excluding tert-OH is 1. The predicted molar refractivity (Wildman–Crippen MR) is 128 cm³/mol. The average molecular weight is 541 g/mol. The van der Waals surface area contributed by atoms with E-state index in [1.54, 1.807) is 6.07 Å². The Hall–Kier alpha value is -3.45. The molecule has 0 radical (unpaired) electrons. The fourth-order valence-corrected chi connectivity index (χ4v) is 4.84. The molecule has 2 N–H and O–H groups in total. The van der Waals surface area contributed by atoms with Gasteiger partial charge in [-0.15, -0.1) is 0 Å². The number of anilines is 2. The molecule has 0 saturated heterocycles. The molecule has 4 bridgehead atoms. The van der Waals surface area contributed by atoms with Gasteiger partial charge in [0.25, 0.3) is 10.0 Å². The van der Waals surface area contributed by atoms with Gasteiger partial charge in [-0.25, -0.2) is 14.4 Å². The lowest BCUT2D eigenvalue weighted by atomic mass is 10.0. The maximum atomic E-state index is 14.1. The van der Waals surface area contributed by atoms with Crippen LogP contribution >= 0.6 is 0 Å². The van der Waals surface area contributed by atoms with Crippen LogP contribution in [-0.2, 0) is 16.2 Å². The summed E-state index contributed by atoms with van der Waals surface area (Å²) in [6, 6.07) is 9.09. The smallest absolute Gasteiger partial charge is 0.418 e. The van der Waals surface area contributed by atoms with Crippen molar-refractivity contribution in [3.63, 3.8) is 0 Å². The number of pyridine rings is 2. The molecule has 0 unspecified atom stereocenters. The van der Waals surface area contributed by atoms with Crippen molar-refractivity contribution >= 4 is 21.7 Å². The monoisotopic (exact) mass is 540 g/mol. The molecule has 0 saturated carbocycles. The summed E-state index contributed by atoms with van der Waals surface area (Å²) in [6.45, 7) is 0.956. The standard InChI is InChI=1S/C24H24F4N4O4S/c25-16-7-9-19-17(15-16)23-18(24(26,27)28)8-10-20(29-23)31-37(34,35)22-6-3-5-21(30-22)32(12-4-13-33)11-1-2-14-36-19/h3,5-10,15,33H,1-2,4,11-14H2,(H,29,31). The summed E-state index contributed by atoms with van der Waals surface area (Å²) in [5.41, 5.74) is -2.11. The largest absolute Gasteiger partial charge is 0.493 e. The molecule has 37 heavy (non-hydrogen) atoms. The number of sulfonamides is 1. The summed E-state index contributed by atoms with van der Waals surface area (Å²) in [5.74, 6) is -0.866. The normalized spacial score (nSPS) is 15.9. The van der Waals surface area contributed by atoms with Gasteiger partial charge in [-0.1, -0.05) is 6.07 Å². The van der Waals surface area contributed by atoms with E-state index in [0.717, 1.165) is 18.2 Å². The molecule has 3 aromatic rings. The number of halogens is 4. The van der Waals surface area contributed by atoms with Crippen molar-refractivity contribution in [3.05, 3.63) is 59.9 Å². The van der Waals surface area contributed by atoms with Gasteiger partial charge in [-0.3, -0.25) is 4.72 Å². The van der Waals surface area contributed by atoms with Gasteiger partial charge in [0.1, 0.15) is 23.2 Å². The van der Waals surface area contributed by atoms with Crippen LogP contribution in [0.5, 0.6) is 5.75 Å². The van der Waals surface area contributed by atoms with Crippen molar-refractivity contribution in [1.82, 2.24) is 9.97 Å². The number of ether oxygens (including phenoxy) is 1. The number of alkyl halides is 3. The van der Waals surface area contributed by atoms with E-state index in [2.05, 4.69) is 14.7 Å². The van der Waals surface area contributed by atoms with Gasteiger partial charge < -0.3 is 14.7 Å². The van der Waals surface area contributed by atoms with Crippen molar-refractivity contribution in [2.24, 2.45) is 0 Å². The van der Waals surface area contributed by atoms with Crippen LogP contribution in [-0.4, -0.2) is 49.8 Å². The van der Waals surface area contributed by atoms with Crippen molar-refractivity contribution in [2.75, 3.05) is 35.9 Å².